The molecule has 4 rings (SSSR count). The van der Waals surface area contributed by atoms with Crippen LogP contribution in [0.3, 0.4) is 0 Å². The Morgan fingerprint density at radius 2 is 1.77 bits per heavy atom. The maximum atomic E-state index is 13.5. The number of carbonyl (C=O) groups excluding carboxylic acids is 1. The Balaban J connectivity index is 1.42. The van der Waals surface area contributed by atoms with E-state index in [9.17, 15) is 18.0 Å². The molecule has 0 N–H and O–H groups in total. The van der Waals surface area contributed by atoms with Crippen LogP contribution < -0.4 is 4.90 Å². The molecule has 3 fully saturated rings. The number of nitrogens with zero attached hydrogens (tertiary/aromatic N) is 3. The normalized spacial score (nSPS) is 30.0. The van der Waals surface area contributed by atoms with Crippen molar-refractivity contribution >= 4 is 11.6 Å². The average Bonchev–Trinajstić information content (AvgIpc) is 3.04. The van der Waals surface area contributed by atoms with E-state index in [0.717, 1.165) is 75.9 Å². The first-order valence-electron chi connectivity index (χ1n) is 10.9. The van der Waals surface area contributed by atoms with Gasteiger partial charge in [-0.2, -0.15) is 13.2 Å². The van der Waals surface area contributed by atoms with Crippen LogP contribution in [0.25, 0.3) is 4.85 Å². The minimum Gasteiger partial charge on any atom is -0.370 e. The Labute approximate surface area is 175 Å². The molecule has 1 aromatic carbocycles. The number of carbonyl (C=O) groups is 1. The SMILES string of the molecule is [C-]#[N+]C[C@H]1CC[C@H](N2CCC3(CCCN(c4ccc(C(F)(F)F)cc4)C3)C2=O)CC1. The summed E-state index contributed by atoms with van der Waals surface area (Å²) in [5.41, 5.74) is -0.295. The fourth-order valence-electron chi connectivity index (χ4n) is 5.56. The van der Waals surface area contributed by atoms with Crippen LogP contribution in [0.15, 0.2) is 24.3 Å². The Hall–Kier alpha value is -2.23. The van der Waals surface area contributed by atoms with Crippen molar-refractivity contribution in [2.45, 2.75) is 57.2 Å². The zero-order valence-electron chi connectivity index (χ0n) is 17.1. The fourth-order valence-corrected chi connectivity index (χ4v) is 5.56. The summed E-state index contributed by atoms with van der Waals surface area (Å²) < 4.78 is 38.6. The Morgan fingerprint density at radius 3 is 2.40 bits per heavy atom. The lowest BCUT2D eigenvalue weighted by atomic mass is 9.78. The molecule has 2 aliphatic heterocycles. The average molecular weight is 419 g/mol. The molecule has 0 radical (unpaired) electrons. The monoisotopic (exact) mass is 419 g/mol. The zero-order chi connectivity index (χ0) is 21.4. The molecule has 1 aliphatic carbocycles. The number of halogens is 3. The van der Waals surface area contributed by atoms with Crippen LogP contribution in [-0.4, -0.2) is 43.0 Å². The first-order valence-corrected chi connectivity index (χ1v) is 10.9. The molecule has 7 heteroatoms. The highest BCUT2D eigenvalue weighted by Crippen LogP contribution is 2.44. The first-order chi connectivity index (χ1) is 14.3. The second kappa shape index (κ2) is 8.13. The van der Waals surface area contributed by atoms with E-state index in [0.29, 0.717) is 19.0 Å². The number of anilines is 1. The number of likely N-dealkylation sites (tertiary alicyclic amines) is 1. The van der Waals surface area contributed by atoms with E-state index in [-0.39, 0.29) is 11.9 Å². The van der Waals surface area contributed by atoms with Crippen LogP contribution in [0.2, 0.25) is 0 Å². The number of hydrogen-bond acceptors (Lipinski definition) is 2. The van der Waals surface area contributed by atoms with E-state index < -0.39 is 17.2 Å². The number of benzene rings is 1. The van der Waals surface area contributed by atoms with E-state index in [1.165, 1.54) is 12.1 Å². The summed E-state index contributed by atoms with van der Waals surface area (Å²) in [6, 6.07) is 5.58. The van der Waals surface area contributed by atoms with Gasteiger partial charge in [-0.15, -0.1) is 0 Å². The topological polar surface area (TPSA) is 27.9 Å². The number of rotatable bonds is 3. The molecule has 0 aromatic heterocycles. The fraction of sp³-hybridized carbons (Fsp3) is 0.652. The van der Waals surface area contributed by atoms with E-state index in [1.807, 2.05) is 0 Å². The van der Waals surface area contributed by atoms with Crippen molar-refractivity contribution in [2.24, 2.45) is 11.3 Å². The van der Waals surface area contributed by atoms with Crippen molar-refractivity contribution in [3.05, 3.63) is 41.2 Å². The van der Waals surface area contributed by atoms with Crippen LogP contribution in [0.4, 0.5) is 18.9 Å². The number of amides is 1. The molecule has 4 nitrogen and oxygen atoms in total. The highest BCUT2D eigenvalue weighted by Gasteiger charge is 2.50. The van der Waals surface area contributed by atoms with Gasteiger partial charge in [0.05, 0.1) is 11.0 Å². The summed E-state index contributed by atoms with van der Waals surface area (Å²) in [6.45, 7) is 9.77. The molecule has 1 saturated carbocycles. The molecule has 1 unspecified atom stereocenters. The van der Waals surface area contributed by atoms with Crippen LogP contribution in [0, 0.1) is 17.9 Å². The molecule has 30 heavy (non-hydrogen) atoms. The minimum atomic E-state index is -4.34. The Morgan fingerprint density at radius 1 is 1.07 bits per heavy atom. The van der Waals surface area contributed by atoms with Crippen molar-refractivity contribution in [2.75, 3.05) is 31.1 Å². The number of hydrogen-bond donors (Lipinski definition) is 0. The van der Waals surface area contributed by atoms with Gasteiger partial charge in [-0.25, -0.2) is 6.57 Å². The number of alkyl halides is 3. The van der Waals surface area contributed by atoms with Crippen molar-refractivity contribution in [1.82, 2.24) is 4.90 Å². The molecule has 2 heterocycles. The van der Waals surface area contributed by atoms with Gasteiger partial charge in [0, 0.05) is 37.3 Å². The lowest BCUT2D eigenvalue weighted by Gasteiger charge is -2.41. The first kappa shape index (κ1) is 21.0. The Kier molecular flexibility index (Phi) is 5.69. The molecule has 1 aromatic rings. The summed E-state index contributed by atoms with van der Waals surface area (Å²) in [6.07, 6.45) is 2.20. The van der Waals surface area contributed by atoms with Gasteiger partial charge in [0.15, 0.2) is 0 Å². The maximum Gasteiger partial charge on any atom is 0.416 e. The van der Waals surface area contributed by atoms with Gasteiger partial charge in [-0.3, -0.25) is 4.79 Å². The molecule has 2 saturated heterocycles. The van der Waals surface area contributed by atoms with Crippen molar-refractivity contribution in [3.8, 4) is 0 Å². The van der Waals surface area contributed by atoms with Crippen LogP contribution in [0.1, 0.15) is 50.5 Å². The van der Waals surface area contributed by atoms with Crippen molar-refractivity contribution in [3.63, 3.8) is 0 Å². The predicted molar refractivity (Wildman–Crippen MR) is 109 cm³/mol. The summed E-state index contributed by atoms with van der Waals surface area (Å²) in [5, 5.41) is 0. The van der Waals surface area contributed by atoms with Crippen LogP contribution in [0.5, 0.6) is 0 Å². The van der Waals surface area contributed by atoms with Gasteiger partial charge >= 0.3 is 6.18 Å². The van der Waals surface area contributed by atoms with Crippen molar-refractivity contribution < 1.29 is 18.0 Å². The molecule has 1 atom stereocenters. The Bertz CT molecular complexity index is 808. The number of piperidine rings is 1. The molecule has 3 aliphatic rings. The van der Waals surface area contributed by atoms with Gasteiger partial charge in [-0.1, -0.05) is 0 Å². The van der Waals surface area contributed by atoms with Gasteiger partial charge < -0.3 is 14.6 Å². The highest BCUT2D eigenvalue weighted by molar-refractivity contribution is 5.86. The van der Waals surface area contributed by atoms with Gasteiger partial charge in [0.2, 0.25) is 12.5 Å². The largest absolute Gasteiger partial charge is 0.416 e. The van der Waals surface area contributed by atoms with Crippen LogP contribution in [-0.2, 0) is 11.0 Å². The standard InChI is InChI=1S/C23H28F3N3O/c1-27-15-17-3-7-20(8-4-17)29-14-12-22(21(29)30)11-2-13-28(16-22)19-9-5-18(6-10-19)23(24,25)26/h5-6,9-10,17,20H,2-4,7-8,11-16H2/t17-,20-,22?. The second-order valence-electron chi connectivity index (χ2n) is 9.11. The summed E-state index contributed by atoms with van der Waals surface area (Å²) >= 11 is 0. The van der Waals surface area contributed by atoms with E-state index >= 15 is 0 Å². The van der Waals surface area contributed by atoms with E-state index in [4.69, 9.17) is 6.57 Å². The summed E-state index contributed by atoms with van der Waals surface area (Å²) in [7, 11) is 0. The third-order valence-electron chi connectivity index (χ3n) is 7.29. The summed E-state index contributed by atoms with van der Waals surface area (Å²) in [4.78, 5) is 21.1. The third kappa shape index (κ3) is 4.01. The molecule has 1 spiro atoms. The lowest BCUT2D eigenvalue weighted by Crippen LogP contribution is -2.50. The quantitative estimate of drug-likeness (QED) is 0.645. The smallest absolute Gasteiger partial charge is 0.370 e. The van der Waals surface area contributed by atoms with E-state index in [2.05, 4.69) is 14.6 Å². The summed E-state index contributed by atoms with van der Waals surface area (Å²) in [5.74, 6) is 0.697. The molecule has 1 amide bonds. The molecular formula is C23H28F3N3O. The molecule has 0 bridgehead atoms. The van der Waals surface area contributed by atoms with E-state index in [1.54, 1.807) is 0 Å². The van der Waals surface area contributed by atoms with Gasteiger partial charge in [-0.05, 0) is 69.2 Å². The molecular weight excluding hydrogens is 391 g/mol. The lowest BCUT2D eigenvalue weighted by molar-refractivity contribution is -0.139. The maximum absolute atomic E-state index is 13.5. The van der Waals surface area contributed by atoms with Crippen molar-refractivity contribution in [1.29, 1.82) is 0 Å². The third-order valence-corrected chi connectivity index (χ3v) is 7.29. The van der Waals surface area contributed by atoms with Gasteiger partial charge in [0.25, 0.3) is 0 Å². The minimum absolute atomic E-state index is 0.229. The van der Waals surface area contributed by atoms with Crippen LogP contribution >= 0.6 is 0 Å². The van der Waals surface area contributed by atoms with Gasteiger partial charge in [0.1, 0.15) is 0 Å². The predicted octanol–water partition coefficient (Wildman–Crippen LogP) is 5.00. The zero-order valence-corrected chi connectivity index (χ0v) is 17.1. The molecule has 162 valence electrons. The highest BCUT2D eigenvalue weighted by atomic mass is 19.4. The second-order valence-corrected chi connectivity index (χ2v) is 9.11.